The molecule has 0 aromatic heterocycles. The van der Waals surface area contributed by atoms with Crippen LogP contribution in [0.1, 0.15) is 26.7 Å². The first-order chi connectivity index (χ1) is 10.3. The molecular weight excluding hydrogens is 597 g/mol. The predicted molar refractivity (Wildman–Crippen MR) is 97.7 cm³/mol. The van der Waals surface area contributed by atoms with E-state index in [0.717, 1.165) is 7.35 Å². The van der Waals surface area contributed by atoms with Crippen LogP contribution in [0.4, 0.5) is 0 Å². The summed E-state index contributed by atoms with van der Waals surface area (Å²) in [6, 6.07) is 0. The first kappa shape index (κ1) is 20.7. The van der Waals surface area contributed by atoms with E-state index in [1.807, 2.05) is 0 Å². The molecule has 0 bridgehead atoms. The fraction of sp³-hybridized carbons (Fsp3) is 0.600. The minimum atomic E-state index is -1.78. The van der Waals surface area contributed by atoms with E-state index in [9.17, 15) is 0 Å². The number of allylic oxidation sites excluding steroid dienone is 8. The van der Waals surface area contributed by atoms with Crippen molar-refractivity contribution < 1.29 is 39.9 Å². The van der Waals surface area contributed by atoms with E-state index in [0.29, 0.717) is 0 Å². The molecule has 0 saturated heterocycles. The Kier molecular flexibility index (Phi) is 9.30. The van der Waals surface area contributed by atoms with Crippen LogP contribution in [-0.2, 0) is 39.9 Å². The fourth-order valence-corrected chi connectivity index (χ4v) is 24.3. The van der Waals surface area contributed by atoms with Crippen LogP contribution in [0.5, 0.6) is 0 Å². The van der Waals surface area contributed by atoms with Crippen LogP contribution in [0, 0.1) is 0 Å². The fourth-order valence-electron chi connectivity index (χ4n) is 3.53. The summed E-state index contributed by atoms with van der Waals surface area (Å²) >= 11 is -3.57. The van der Waals surface area contributed by atoms with Gasteiger partial charge in [0.2, 0.25) is 0 Å². The minimum absolute atomic E-state index is 0.891. The van der Waals surface area contributed by atoms with Gasteiger partial charge in [-0.15, -0.1) is 0 Å². The van der Waals surface area contributed by atoms with E-state index in [2.05, 4.69) is 81.2 Å². The van der Waals surface area contributed by atoms with Crippen LogP contribution in [-0.4, -0.2) is 0 Å². The summed E-state index contributed by atoms with van der Waals surface area (Å²) in [7, 11) is 0. The zero-order valence-corrected chi connectivity index (χ0v) is 22.8. The second kappa shape index (κ2) is 9.87. The van der Waals surface area contributed by atoms with Gasteiger partial charge in [0.1, 0.15) is 0 Å². The third-order valence-electron chi connectivity index (χ3n) is 5.09. The van der Waals surface area contributed by atoms with Crippen molar-refractivity contribution in [2.75, 3.05) is 0 Å². The van der Waals surface area contributed by atoms with Gasteiger partial charge in [0.15, 0.2) is 0 Å². The molecule has 0 aliphatic heterocycles. The van der Waals surface area contributed by atoms with E-state index in [1.54, 1.807) is 0 Å². The SMILES string of the molecule is CC[CH2][Hf]([CH3])([CH3])[CH]1C=CC=C1.CC[CH2][Hf]([CH3])([CH3])[CH]1C=CC=C1. The Labute approximate surface area is 148 Å². The van der Waals surface area contributed by atoms with Crippen molar-refractivity contribution in [2.24, 2.45) is 0 Å². The molecule has 2 rings (SSSR count). The molecule has 0 radical (unpaired) electrons. The van der Waals surface area contributed by atoms with Gasteiger partial charge in [-0.1, -0.05) is 0 Å². The van der Waals surface area contributed by atoms with Gasteiger partial charge in [-0.05, 0) is 0 Å². The quantitative estimate of drug-likeness (QED) is 0.261. The van der Waals surface area contributed by atoms with E-state index in [-0.39, 0.29) is 0 Å². The van der Waals surface area contributed by atoms with Gasteiger partial charge in [-0.3, -0.25) is 0 Å². The molecular formula is C20H36Hf2. The summed E-state index contributed by atoms with van der Waals surface area (Å²) in [5.41, 5.74) is 0. The van der Waals surface area contributed by atoms with Gasteiger partial charge in [0.05, 0.1) is 0 Å². The van der Waals surface area contributed by atoms with Crippen molar-refractivity contribution in [1.29, 1.82) is 0 Å². The molecule has 0 spiro atoms. The van der Waals surface area contributed by atoms with Crippen molar-refractivity contribution in [3.63, 3.8) is 0 Å². The summed E-state index contributed by atoms with van der Waals surface area (Å²) in [6.07, 6.45) is 21.2. The van der Waals surface area contributed by atoms with Crippen molar-refractivity contribution in [3.8, 4) is 0 Å². The van der Waals surface area contributed by atoms with Crippen LogP contribution in [0.3, 0.4) is 0 Å². The molecule has 124 valence electrons. The van der Waals surface area contributed by atoms with Gasteiger partial charge >= 0.3 is 150 Å². The Balaban J connectivity index is 0.000000220. The monoisotopic (exact) mass is 636 g/mol. The first-order valence-corrected chi connectivity index (χ1v) is 32.6. The Morgan fingerprint density at radius 1 is 0.591 bits per heavy atom. The summed E-state index contributed by atoms with van der Waals surface area (Å²) in [5, 5.41) is 0. The Morgan fingerprint density at radius 3 is 1.09 bits per heavy atom. The number of rotatable bonds is 6. The summed E-state index contributed by atoms with van der Waals surface area (Å²) in [4.78, 5) is 0. The standard InChI is InChI=1S/2C5H5.2C3H7.4CH3.2Hf/c2*1-2-4-5-3-1;2*1-3-2;;;;;;/h2*1-5H;2*1,3H2,2H3;4*1H3;;. The molecule has 0 atom stereocenters. The Bertz CT molecular complexity index is 373. The van der Waals surface area contributed by atoms with Crippen LogP contribution in [0.25, 0.3) is 0 Å². The first-order valence-electron chi connectivity index (χ1n) is 9.03. The normalized spacial score (nSPS) is 18.1. The molecule has 0 nitrogen and oxygen atoms in total. The van der Waals surface area contributed by atoms with Crippen LogP contribution < -0.4 is 0 Å². The van der Waals surface area contributed by atoms with E-state index in [1.165, 1.54) is 21.2 Å². The van der Waals surface area contributed by atoms with Gasteiger partial charge in [0, 0.05) is 0 Å². The second-order valence-electron chi connectivity index (χ2n) is 8.07. The van der Waals surface area contributed by atoms with Crippen molar-refractivity contribution in [3.05, 3.63) is 48.6 Å². The number of hydrogen-bond donors (Lipinski definition) is 0. The molecule has 0 unspecified atom stereocenters. The maximum absolute atomic E-state index is 2.57. The van der Waals surface area contributed by atoms with Crippen LogP contribution in [0.2, 0.25) is 34.4 Å². The average Bonchev–Trinajstić information content (AvgIpc) is 3.14. The van der Waals surface area contributed by atoms with Crippen LogP contribution in [0.15, 0.2) is 48.6 Å². The molecule has 0 amide bonds. The molecule has 0 aromatic rings. The van der Waals surface area contributed by atoms with E-state index >= 15 is 0 Å². The number of hydrogen-bond acceptors (Lipinski definition) is 0. The molecule has 22 heavy (non-hydrogen) atoms. The van der Waals surface area contributed by atoms with Gasteiger partial charge < -0.3 is 0 Å². The van der Waals surface area contributed by atoms with Gasteiger partial charge in [-0.25, -0.2) is 0 Å². The summed E-state index contributed by atoms with van der Waals surface area (Å²) in [5.74, 6) is 0. The maximum atomic E-state index is 2.57. The van der Waals surface area contributed by atoms with E-state index < -0.39 is 39.9 Å². The van der Waals surface area contributed by atoms with Crippen molar-refractivity contribution in [1.82, 2.24) is 0 Å². The molecule has 0 N–H and O–H groups in total. The third-order valence-corrected chi connectivity index (χ3v) is 33.7. The van der Waals surface area contributed by atoms with Gasteiger partial charge in [0.25, 0.3) is 0 Å². The molecule has 2 aliphatic carbocycles. The predicted octanol–water partition coefficient (Wildman–Crippen LogP) is 7.96. The molecule has 0 heterocycles. The summed E-state index contributed by atoms with van der Waals surface area (Å²) < 4.78 is 15.1. The van der Waals surface area contributed by atoms with Gasteiger partial charge in [-0.2, -0.15) is 0 Å². The summed E-state index contributed by atoms with van der Waals surface area (Å²) in [6.45, 7) is 4.62. The Morgan fingerprint density at radius 2 is 0.864 bits per heavy atom. The molecule has 0 fully saturated rings. The van der Waals surface area contributed by atoms with E-state index in [4.69, 9.17) is 0 Å². The third kappa shape index (κ3) is 6.67. The molecule has 2 aliphatic rings. The second-order valence-corrected chi connectivity index (χ2v) is 45.0. The van der Waals surface area contributed by atoms with Crippen molar-refractivity contribution in [2.45, 2.75) is 61.1 Å². The van der Waals surface area contributed by atoms with Crippen molar-refractivity contribution >= 4 is 0 Å². The topological polar surface area (TPSA) is 0 Å². The average molecular weight is 633 g/mol. The Hall–Kier alpha value is 0.700. The zero-order valence-electron chi connectivity index (χ0n) is 15.6. The molecule has 2 heteroatoms. The molecule has 0 aromatic carbocycles. The molecule has 0 saturated carbocycles. The zero-order chi connectivity index (χ0) is 16.6. The van der Waals surface area contributed by atoms with Crippen LogP contribution >= 0.6 is 0 Å².